The van der Waals surface area contributed by atoms with Gasteiger partial charge in [0.25, 0.3) is 5.56 Å². The van der Waals surface area contributed by atoms with Crippen molar-refractivity contribution in [2.24, 2.45) is 0 Å². The van der Waals surface area contributed by atoms with Gasteiger partial charge in [-0.1, -0.05) is 0 Å². The molecular weight excluding hydrogens is 452 g/mol. The molecule has 4 rings (SSSR count). The molecule has 2 heterocycles. The number of methoxy groups -OCH3 is 2. The molecule has 10 nitrogen and oxygen atoms in total. The monoisotopic (exact) mass is 482 g/mol. The molecule has 0 saturated carbocycles. The Morgan fingerprint density at radius 2 is 1.77 bits per heavy atom. The number of morpholine rings is 1. The highest BCUT2D eigenvalue weighted by molar-refractivity contribution is 5.91. The highest BCUT2D eigenvalue weighted by atomic mass is 16.5. The first kappa shape index (κ1) is 24.5. The number of aromatic nitrogens is 2. The van der Waals surface area contributed by atoms with E-state index in [-0.39, 0.29) is 18.0 Å². The molecule has 1 N–H and O–H groups in total. The fraction of sp³-hybridized carbons (Fsp3) is 0.400. The van der Waals surface area contributed by atoms with Crippen LogP contribution in [-0.2, 0) is 22.6 Å². The molecule has 0 bridgehead atoms. The smallest absolute Gasteiger partial charge is 0.262 e. The largest absolute Gasteiger partial charge is 0.494 e. The average Bonchev–Trinajstić information content (AvgIpc) is 2.87. The lowest BCUT2D eigenvalue weighted by molar-refractivity contribution is -0.116. The number of ether oxygens (including phenoxy) is 4. The van der Waals surface area contributed by atoms with Gasteiger partial charge >= 0.3 is 0 Å². The number of nitrogens with one attached hydrogen (secondary N) is 1. The molecule has 1 aliphatic rings. The van der Waals surface area contributed by atoms with Crippen molar-refractivity contribution in [3.8, 4) is 17.2 Å². The molecular formula is C25H30N4O6. The minimum Gasteiger partial charge on any atom is -0.494 e. The van der Waals surface area contributed by atoms with E-state index in [0.29, 0.717) is 60.3 Å². The Labute approximate surface area is 203 Å². The van der Waals surface area contributed by atoms with Gasteiger partial charge in [-0.2, -0.15) is 0 Å². The molecule has 1 aliphatic heterocycles. The van der Waals surface area contributed by atoms with Crippen LogP contribution < -0.4 is 25.1 Å². The number of hydrogen-bond acceptors (Lipinski definition) is 8. The van der Waals surface area contributed by atoms with E-state index in [1.165, 1.54) is 18.8 Å². The molecule has 2 aromatic carbocycles. The zero-order valence-corrected chi connectivity index (χ0v) is 20.2. The summed E-state index contributed by atoms with van der Waals surface area (Å²) in [7, 11) is 3.04. The Balaban J connectivity index is 1.67. The number of carbonyl (C=O) groups excluding carboxylic acids is 1. The molecule has 0 atom stereocenters. The third-order valence-corrected chi connectivity index (χ3v) is 5.76. The fourth-order valence-electron chi connectivity index (χ4n) is 3.98. The number of benzene rings is 2. The van der Waals surface area contributed by atoms with E-state index >= 15 is 0 Å². The summed E-state index contributed by atoms with van der Waals surface area (Å²) in [6.45, 7) is 5.37. The van der Waals surface area contributed by atoms with Gasteiger partial charge in [0.05, 0.1) is 51.5 Å². The van der Waals surface area contributed by atoms with Crippen LogP contribution in [0.4, 0.5) is 5.69 Å². The molecule has 0 aliphatic carbocycles. The zero-order valence-electron chi connectivity index (χ0n) is 20.2. The first-order valence-electron chi connectivity index (χ1n) is 11.5. The van der Waals surface area contributed by atoms with Crippen LogP contribution in [0.5, 0.6) is 17.2 Å². The van der Waals surface area contributed by atoms with E-state index < -0.39 is 0 Å². The Morgan fingerprint density at radius 1 is 1.09 bits per heavy atom. The van der Waals surface area contributed by atoms with Gasteiger partial charge in [-0.05, 0) is 37.3 Å². The first-order chi connectivity index (χ1) is 17.0. The summed E-state index contributed by atoms with van der Waals surface area (Å²) in [4.78, 5) is 33.4. The minimum atomic E-state index is -0.332. The van der Waals surface area contributed by atoms with E-state index in [1.807, 2.05) is 6.92 Å². The van der Waals surface area contributed by atoms with E-state index in [4.69, 9.17) is 23.9 Å². The zero-order chi connectivity index (χ0) is 24.8. The van der Waals surface area contributed by atoms with Crippen LogP contribution in [0, 0.1) is 0 Å². The van der Waals surface area contributed by atoms with Crippen molar-refractivity contribution in [1.82, 2.24) is 14.5 Å². The summed E-state index contributed by atoms with van der Waals surface area (Å²) in [5, 5.41) is 3.20. The van der Waals surface area contributed by atoms with Crippen molar-refractivity contribution in [2.45, 2.75) is 20.0 Å². The maximum Gasteiger partial charge on any atom is 0.262 e. The maximum atomic E-state index is 13.6. The van der Waals surface area contributed by atoms with Crippen molar-refractivity contribution in [3.63, 3.8) is 0 Å². The molecule has 1 fully saturated rings. The van der Waals surface area contributed by atoms with E-state index in [0.717, 1.165) is 18.8 Å². The third kappa shape index (κ3) is 5.72. The first-order valence-corrected chi connectivity index (χ1v) is 11.5. The van der Waals surface area contributed by atoms with Crippen molar-refractivity contribution in [2.75, 3.05) is 52.4 Å². The van der Waals surface area contributed by atoms with Crippen LogP contribution in [0.3, 0.4) is 0 Å². The number of fused-ring (bicyclic) bond motifs is 1. The fourth-order valence-corrected chi connectivity index (χ4v) is 3.98. The summed E-state index contributed by atoms with van der Waals surface area (Å²) >= 11 is 0. The Kier molecular flexibility index (Phi) is 7.84. The summed E-state index contributed by atoms with van der Waals surface area (Å²) in [5.74, 6) is 1.79. The Bertz CT molecular complexity index is 1240. The van der Waals surface area contributed by atoms with Gasteiger partial charge in [-0.15, -0.1) is 0 Å². The van der Waals surface area contributed by atoms with Crippen molar-refractivity contribution >= 4 is 22.5 Å². The lowest BCUT2D eigenvalue weighted by Gasteiger charge is -2.27. The van der Waals surface area contributed by atoms with Crippen molar-refractivity contribution in [1.29, 1.82) is 0 Å². The van der Waals surface area contributed by atoms with E-state index in [1.54, 1.807) is 36.4 Å². The van der Waals surface area contributed by atoms with Crippen molar-refractivity contribution in [3.05, 3.63) is 52.6 Å². The number of anilines is 1. The molecule has 1 amide bonds. The number of amides is 1. The van der Waals surface area contributed by atoms with Gasteiger partial charge in [0.1, 0.15) is 18.1 Å². The molecule has 35 heavy (non-hydrogen) atoms. The van der Waals surface area contributed by atoms with Crippen LogP contribution in [0.15, 0.2) is 41.2 Å². The maximum absolute atomic E-state index is 13.6. The predicted octanol–water partition coefficient (Wildman–Crippen LogP) is 2.28. The van der Waals surface area contributed by atoms with E-state index in [2.05, 4.69) is 10.2 Å². The molecule has 1 aromatic heterocycles. The van der Waals surface area contributed by atoms with Crippen molar-refractivity contribution < 1.29 is 23.7 Å². The third-order valence-electron chi connectivity index (χ3n) is 5.76. The number of nitrogens with zero attached hydrogens (tertiary/aromatic N) is 3. The molecule has 0 spiro atoms. The quantitative estimate of drug-likeness (QED) is 0.496. The van der Waals surface area contributed by atoms with Crippen LogP contribution in [-0.4, -0.2) is 67.5 Å². The normalized spacial score (nSPS) is 14.0. The average molecular weight is 483 g/mol. The molecule has 0 radical (unpaired) electrons. The summed E-state index contributed by atoms with van der Waals surface area (Å²) in [6, 6.07) is 10.4. The number of hydrogen-bond donors (Lipinski definition) is 1. The van der Waals surface area contributed by atoms with Gasteiger partial charge in [-0.3, -0.25) is 19.1 Å². The van der Waals surface area contributed by atoms with Gasteiger partial charge in [0, 0.05) is 24.8 Å². The second kappa shape index (κ2) is 11.2. The lowest BCUT2D eigenvalue weighted by atomic mass is 10.2. The van der Waals surface area contributed by atoms with Crippen LogP contribution in [0.2, 0.25) is 0 Å². The molecule has 1 saturated heterocycles. The van der Waals surface area contributed by atoms with Gasteiger partial charge in [0.2, 0.25) is 5.91 Å². The van der Waals surface area contributed by atoms with Crippen LogP contribution in [0.1, 0.15) is 12.7 Å². The number of carbonyl (C=O) groups is 1. The Hall–Kier alpha value is -3.63. The molecule has 3 aromatic rings. The van der Waals surface area contributed by atoms with Gasteiger partial charge in [0.15, 0.2) is 11.5 Å². The molecule has 10 heteroatoms. The van der Waals surface area contributed by atoms with Gasteiger partial charge < -0.3 is 24.3 Å². The summed E-state index contributed by atoms with van der Waals surface area (Å²) < 4.78 is 23.1. The number of rotatable bonds is 9. The minimum absolute atomic E-state index is 0.178. The molecule has 0 unspecified atom stereocenters. The second-order valence-corrected chi connectivity index (χ2v) is 8.04. The summed E-state index contributed by atoms with van der Waals surface area (Å²) in [5.41, 5.74) is 0.779. The predicted molar refractivity (Wildman–Crippen MR) is 131 cm³/mol. The van der Waals surface area contributed by atoms with Crippen LogP contribution in [0.25, 0.3) is 10.9 Å². The van der Waals surface area contributed by atoms with Crippen LogP contribution >= 0.6 is 0 Å². The topological polar surface area (TPSA) is 104 Å². The SMILES string of the molecule is CCOc1ccc(NC(=O)Cn2c(CN3CCOCC3)nc3cc(OC)c(OC)cc3c2=O)cc1. The second-order valence-electron chi connectivity index (χ2n) is 8.04. The van der Waals surface area contributed by atoms with E-state index in [9.17, 15) is 9.59 Å². The van der Waals surface area contributed by atoms with Gasteiger partial charge in [-0.25, -0.2) is 4.98 Å². The molecule has 186 valence electrons. The Morgan fingerprint density at radius 3 is 2.43 bits per heavy atom. The summed E-state index contributed by atoms with van der Waals surface area (Å²) in [6.07, 6.45) is 0. The highest BCUT2D eigenvalue weighted by Crippen LogP contribution is 2.30. The standard InChI is InChI=1S/C25H30N4O6/c1-4-35-18-7-5-17(6-8-18)26-24(30)16-29-23(15-28-9-11-34-12-10-28)27-20-14-22(33-3)21(32-2)13-19(20)25(29)31/h5-8,13-14H,4,9-12,15-16H2,1-3H3,(H,26,30). The highest BCUT2D eigenvalue weighted by Gasteiger charge is 2.20. The lowest BCUT2D eigenvalue weighted by Crippen LogP contribution is -2.39.